The van der Waals surface area contributed by atoms with Crippen molar-refractivity contribution in [3.05, 3.63) is 60.2 Å². The van der Waals surface area contributed by atoms with Crippen LogP contribution in [0.4, 0.5) is 5.69 Å². The second-order valence-corrected chi connectivity index (χ2v) is 4.31. The summed E-state index contributed by atoms with van der Waals surface area (Å²) in [6.07, 6.45) is 0. The van der Waals surface area contributed by atoms with Gasteiger partial charge in [-0.15, -0.1) is 0 Å². The second-order valence-electron chi connectivity index (χ2n) is 3.90. The Kier molecular flexibility index (Phi) is 3.47. The van der Waals surface area contributed by atoms with Gasteiger partial charge in [0.1, 0.15) is 5.75 Å². The summed E-state index contributed by atoms with van der Waals surface area (Å²) in [5.41, 5.74) is 1.10. The van der Waals surface area contributed by atoms with E-state index in [1.54, 1.807) is 36.4 Å². The zero-order valence-corrected chi connectivity index (χ0v) is 11.2. The third-order valence-electron chi connectivity index (χ3n) is 2.49. The van der Waals surface area contributed by atoms with E-state index in [2.05, 4.69) is 10.6 Å². The number of ether oxygens (including phenoxy) is 1. The van der Waals surface area contributed by atoms with Crippen molar-refractivity contribution in [1.29, 1.82) is 0 Å². The molecule has 0 aliphatic carbocycles. The Morgan fingerprint density at radius 1 is 1.15 bits per heavy atom. The molecule has 0 bridgehead atoms. The molecule has 4 nitrogen and oxygen atoms in total. The molecule has 0 unspecified atom stereocenters. The fourth-order valence-electron chi connectivity index (χ4n) is 1.53. The monoisotopic (exact) mass is 289 g/mol. The Hall–Kier alpha value is -2.40. The van der Waals surface area contributed by atoms with Crippen LogP contribution in [-0.2, 0) is 0 Å². The molecule has 2 aromatic rings. The average Bonchev–Trinajstić information content (AvgIpc) is 2.48. The summed E-state index contributed by atoms with van der Waals surface area (Å²) in [7, 11) is -2.49. The van der Waals surface area contributed by atoms with E-state index in [0.29, 0.717) is 11.3 Å². The normalized spacial score (nSPS) is 12.5. The summed E-state index contributed by atoms with van der Waals surface area (Å²) in [4.78, 5) is 11.9. The fourth-order valence-corrected chi connectivity index (χ4v) is 1.74. The number of amides is 1. The van der Waals surface area contributed by atoms with Crippen LogP contribution in [0.15, 0.2) is 54.6 Å². The summed E-state index contributed by atoms with van der Waals surface area (Å²) in [5, 5.41) is 5.54. The number of carbonyl (C=O) groups is 1. The summed E-state index contributed by atoms with van der Waals surface area (Å²) >= 11 is 5.07. The van der Waals surface area contributed by atoms with E-state index in [9.17, 15) is 4.79 Å². The lowest BCUT2D eigenvalue weighted by Gasteiger charge is -2.10. The van der Waals surface area contributed by atoms with Crippen molar-refractivity contribution in [3.8, 4) is 5.75 Å². The fraction of sp³-hybridized carbons (Fsp3) is 0.0667. The molecule has 102 valence electrons. The van der Waals surface area contributed by atoms with Crippen molar-refractivity contribution in [2.75, 3.05) is 12.4 Å². The predicted molar refractivity (Wildman–Crippen MR) is 83.1 cm³/mol. The molecular weight excluding hydrogens is 272 g/mol. The molecule has 2 N–H and O–H groups in total. The number of methoxy groups -OCH3 is 1. The molecule has 0 saturated heterocycles. The van der Waals surface area contributed by atoms with Crippen LogP contribution in [0, 0.1) is 0 Å². The number of thiocarbonyl (C=S) groups is 1. The number of hydrogen-bond acceptors (Lipinski definition) is 3. The van der Waals surface area contributed by atoms with Gasteiger partial charge in [0.2, 0.25) is 0 Å². The maximum absolute atomic E-state index is 11.9. The van der Waals surface area contributed by atoms with Crippen LogP contribution in [0.3, 0.4) is 0 Å². The minimum Gasteiger partial charge on any atom is -0.497 e. The molecule has 2 rings (SSSR count). The van der Waals surface area contributed by atoms with Crippen molar-refractivity contribution >= 4 is 28.9 Å². The molecule has 1 amide bonds. The molecule has 0 spiro atoms. The standard InChI is InChI=1S/C15H14N2O2S/c1-19-13-9-7-12(8-10-13)16-15(20)17-14(18)11-5-3-2-4-6-11/h2-10H,1H3,(H2,16,17,18,20)/i1D3. The van der Waals surface area contributed by atoms with Gasteiger partial charge >= 0.3 is 0 Å². The zero-order chi connectivity index (χ0) is 16.9. The molecule has 0 aliphatic rings. The minimum absolute atomic E-state index is 0.142. The highest BCUT2D eigenvalue weighted by Gasteiger charge is 2.06. The Morgan fingerprint density at radius 2 is 1.85 bits per heavy atom. The van der Waals surface area contributed by atoms with Crippen LogP contribution in [0.2, 0.25) is 0 Å². The van der Waals surface area contributed by atoms with Crippen molar-refractivity contribution in [2.24, 2.45) is 0 Å². The molecular formula is C15H14N2O2S. The topological polar surface area (TPSA) is 50.4 Å². The van der Waals surface area contributed by atoms with Gasteiger partial charge in [-0.1, -0.05) is 18.2 Å². The van der Waals surface area contributed by atoms with E-state index < -0.39 is 7.04 Å². The molecule has 2 aromatic carbocycles. The Labute approximate surface area is 127 Å². The maximum Gasteiger partial charge on any atom is 0.257 e. The van der Waals surface area contributed by atoms with Gasteiger partial charge in [-0.05, 0) is 48.6 Å². The lowest BCUT2D eigenvalue weighted by Crippen LogP contribution is -2.34. The molecule has 0 aromatic heterocycles. The Bertz CT molecular complexity index is 688. The highest BCUT2D eigenvalue weighted by Crippen LogP contribution is 2.14. The SMILES string of the molecule is [2H]C([2H])([2H])Oc1ccc(NC(=S)NC(=O)c2ccccc2)cc1. The molecule has 20 heavy (non-hydrogen) atoms. The smallest absolute Gasteiger partial charge is 0.257 e. The lowest BCUT2D eigenvalue weighted by molar-refractivity contribution is 0.0978. The van der Waals surface area contributed by atoms with Crippen LogP contribution >= 0.6 is 12.2 Å². The molecule has 0 aliphatic heterocycles. The number of benzene rings is 2. The van der Waals surface area contributed by atoms with Crippen LogP contribution < -0.4 is 15.4 Å². The van der Waals surface area contributed by atoms with Gasteiger partial charge in [-0.2, -0.15) is 0 Å². The van der Waals surface area contributed by atoms with Crippen molar-refractivity contribution in [3.63, 3.8) is 0 Å². The van der Waals surface area contributed by atoms with E-state index in [1.165, 1.54) is 12.1 Å². The molecule has 5 heteroatoms. The van der Waals surface area contributed by atoms with E-state index in [-0.39, 0.29) is 16.8 Å². The third kappa shape index (κ3) is 3.80. The number of nitrogens with one attached hydrogen (secondary N) is 2. The largest absolute Gasteiger partial charge is 0.497 e. The van der Waals surface area contributed by atoms with Crippen molar-refractivity contribution < 1.29 is 13.6 Å². The molecule has 0 fully saturated rings. The third-order valence-corrected chi connectivity index (χ3v) is 2.70. The first-order valence-corrected chi connectivity index (χ1v) is 6.21. The Balaban J connectivity index is 1.91. The quantitative estimate of drug-likeness (QED) is 0.853. The van der Waals surface area contributed by atoms with Gasteiger partial charge in [0.25, 0.3) is 5.91 Å². The highest BCUT2D eigenvalue weighted by atomic mass is 32.1. The van der Waals surface area contributed by atoms with Crippen LogP contribution in [0.5, 0.6) is 5.75 Å². The number of carbonyl (C=O) groups excluding carboxylic acids is 1. The van der Waals surface area contributed by atoms with Gasteiger partial charge in [0.05, 0.1) is 11.2 Å². The van der Waals surface area contributed by atoms with E-state index >= 15 is 0 Å². The van der Waals surface area contributed by atoms with Gasteiger partial charge in [0.15, 0.2) is 5.11 Å². The van der Waals surface area contributed by atoms with E-state index in [1.807, 2.05) is 6.07 Å². The first kappa shape index (κ1) is 10.4. The minimum atomic E-state index is -2.49. The average molecular weight is 289 g/mol. The van der Waals surface area contributed by atoms with Crippen molar-refractivity contribution in [2.45, 2.75) is 0 Å². The van der Waals surface area contributed by atoms with Crippen molar-refractivity contribution in [1.82, 2.24) is 5.32 Å². The van der Waals surface area contributed by atoms with E-state index in [0.717, 1.165) is 0 Å². The maximum atomic E-state index is 11.9. The lowest BCUT2D eigenvalue weighted by atomic mass is 10.2. The second kappa shape index (κ2) is 6.68. The predicted octanol–water partition coefficient (Wildman–Crippen LogP) is 2.82. The first-order chi connectivity index (χ1) is 10.8. The van der Waals surface area contributed by atoms with Crippen LogP contribution in [0.25, 0.3) is 0 Å². The summed E-state index contributed by atoms with van der Waals surface area (Å²) in [6, 6.07) is 14.9. The first-order valence-electron chi connectivity index (χ1n) is 7.30. The van der Waals surface area contributed by atoms with Crippen LogP contribution in [-0.4, -0.2) is 18.1 Å². The number of hydrogen-bond donors (Lipinski definition) is 2. The Morgan fingerprint density at radius 3 is 2.50 bits per heavy atom. The van der Waals surface area contributed by atoms with Gasteiger partial charge in [0, 0.05) is 11.3 Å². The zero-order valence-electron chi connectivity index (χ0n) is 13.4. The van der Waals surface area contributed by atoms with Gasteiger partial charge in [-0.25, -0.2) is 0 Å². The number of anilines is 1. The number of rotatable bonds is 3. The molecule has 0 heterocycles. The highest BCUT2D eigenvalue weighted by molar-refractivity contribution is 7.80. The summed E-state index contributed by atoms with van der Waals surface area (Å²) in [5.74, 6) is -0.0970. The van der Waals surface area contributed by atoms with E-state index in [4.69, 9.17) is 21.1 Å². The van der Waals surface area contributed by atoms with Crippen LogP contribution in [0.1, 0.15) is 14.5 Å². The molecule has 0 atom stereocenters. The summed E-state index contributed by atoms with van der Waals surface area (Å²) in [6.45, 7) is 0. The molecule has 0 radical (unpaired) electrons. The summed E-state index contributed by atoms with van der Waals surface area (Å²) < 4.78 is 25.8. The molecule has 0 saturated carbocycles. The van der Waals surface area contributed by atoms with Gasteiger partial charge in [-0.3, -0.25) is 10.1 Å². The van der Waals surface area contributed by atoms with Gasteiger partial charge < -0.3 is 10.1 Å².